The summed E-state index contributed by atoms with van der Waals surface area (Å²) in [7, 11) is 1.26. The van der Waals surface area contributed by atoms with Crippen molar-refractivity contribution in [1.29, 1.82) is 0 Å². The largest absolute Gasteiger partial charge is 0.466 e. The quantitative estimate of drug-likeness (QED) is 0.710. The fourth-order valence-electron chi connectivity index (χ4n) is 2.32. The van der Waals surface area contributed by atoms with Crippen LogP contribution in [0.25, 0.3) is 0 Å². The van der Waals surface area contributed by atoms with Gasteiger partial charge in [0.1, 0.15) is 0 Å². The molecule has 0 radical (unpaired) electrons. The smallest absolute Gasteiger partial charge is 0.407 e. The van der Waals surface area contributed by atoms with E-state index < -0.39 is 12.1 Å². The van der Waals surface area contributed by atoms with Gasteiger partial charge in [0, 0.05) is 13.1 Å². The van der Waals surface area contributed by atoms with Crippen LogP contribution < -0.4 is 11.1 Å². The maximum Gasteiger partial charge on any atom is 0.407 e. The van der Waals surface area contributed by atoms with Gasteiger partial charge in [0.25, 0.3) is 0 Å². The molecule has 114 valence electrons. The number of hydrogen-bond donors (Lipinski definition) is 2. The van der Waals surface area contributed by atoms with Gasteiger partial charge in [-0.1, -0.05) is 0 Å². The summed E-state index contributed by atoms with van der Waals surface area (Å²) in [6, 6.07) is -0.863. The molecule has 1 aliphatic heterocycles. The number of esters is 1. The van der Waals surface area contributed by atoms with Gasteiger partial charge in [0.15, 0.2) is 0 Å². The van der Waals surface area contributed by atoms with Crippen LogP contribution in [0, 0.1) is 5.92 Å². The predicted octanol–water partition coefficient (Wildman–Crippen LogP) is 0.0648. The molecule has 8 nitrogen and oxygen atoms in total. The van der Waals surface area contributed by atoms with Crippen molar-refractivity contribution in [3.63, 3.8) is 0 Å². The summed E-state index contributed by atoms with van der Waals surface area (Å²) >= 11 is 0. The Labute approximate surface area is 117 Å². The molecule has 8 heteroatoms. The minimum Gasteiger partial charge on any atom is -0.466 e. The number of nitrogens with zero attached hydrogens (tertiary/aromatic N) is 1. The lowest BCUT2D eigenvalue weighted by molar-refractivity contribution is -0.144. The second-order valence-electron chi connectivity index (χ2n) is 4.69. The zero-order valence-corrected chi connectivity index (χ0v) is 11.8. The van der Waals surface area contributed by atoms with Crippen LogP contribution in [0.1, 0.15) is 19.8 Å². The van der Waals surface area contributed by atoms with Gasteiger partial charge in [0.2, 0.25) is 0 Å². The lowest BCUT2D eigenvalue weighted by atomic mass is 9.91. The fraction of sp³-hybridized carbons (Fsp3) is 0.750. The third kappa shape index (κ3) is 4.94. The Hall–Kier alpha value is -1.99. The highest BCUT2D eigenvalue weighted by Crippen LogP contribution is 2.20. The molecule has 20 heavy (non-hydrogen) atoms. The molecule has 1 heterocycles. The van der Waals surface area contributed by atoms with E-state index in [-0.39, 0.29) is 24.3 Å². The number of nitrogens with two attached hydrogens (primary N) is 1. The summed E-state index contributed by atoms with van der Waals surface area (Å²) < 4.78 is 9.42. The third-order valence-electron chi connectivity index (χ3n) is 3.12. The third-order valence-corrected chi connectivity index (χ3v) is 3.12. The number of carbonyl (C=O) groups excluding carboxylic acids is 3. The number of amides is 3. The summed E-state index contributed by atoms with van der Waals surface area (Å²) in [6.07, 6.45) is 0.186. The van der Waals surface area contributed by atoms with Crippen LogP contribution in [0.3, 0.4) is 0 Å². The maximum absolute atomic E-state index is 11.5. The molecule has 1 rings (SSSR count). The molecule has 2 unspecified atom stereocenters. The van der Waals surface area contributed by atoms with Crippen molar-refractivity contribution < 1.29 is 23.9 Å². The molecule has 1 aliphatic rings. The van der Waals surface area contributed by atoms with Gasteiger partial charge in [-0.2, -0.15) is 0 Å². The number of alkyl carbamates (subject to hydrolysis) is 1. The molecule has 0 aromatic heterocycles. The van der Waals surface area contributed by atoms with E-state index in [0.717, 1.165) is 0 Å². The van der Waals surface area contributed by atoms with Gasteiger partial charge in [-0.25, -0.2) is 9.59 Å². The molecule has 1 saturated heterocycles. The fourth-order valence-corrected chi connectivity index (χ4v) is 2.32. The van der Waals surface area contributed by atoms with E-state index in [4.69, 9.17) is 10.5 Å². The van der Waals surface area contributed by atoms with E-state index in [2.05, 4.69) is 10.1 Å². The molecule has 0 bridgehead atoms. The summed E-state index contributed by atoms with van der Waals surface area (Å²) in [6.45, 7) is 2.74. The molecule has 1 fully saturated rings. The van der Waals surface area contributed by atoms with Crippen LogP contribution in [-0.2, 0) is 14.3 Å². The van der Waals surface area contributed by atoms with Crippen molar-refractivity contribution >= 4 is 18.1 Å². The first-order chi connectivity index (χ1) is 9.46. The molecule has 3 amide bonds. The molecule has 0 aromatic carbocycles. The SMILES string of the molecule is CCOC(=O)CC1CC(NC(=O)OC)CN(C(N)=O)C1. The molecule has 0 saturated carbocycles. The zero-order valence-electron chi connectivity index (χ0n) is 11.8. The number of likely N-dealkylation sites (tertiary alicyclic amines) is 1. The molecule has 2 atom stereocenters. The number of piperidine rings is 1. The van der Waals surface area contributed by atoms with Gasteiger partial charge in [0.05, 0.1) is 26.2 Å². The topological polar surface area (TPSA) is 111 Å². The van der Waals surface area contributed by atoms with E-state index in [0.29, 0.717) is 26.1 Å². The maximum atomic E-state index is 11.5. The molecule has 0 aliphatic carbocycles. The second kappa shape index (κ2) is 7.56. The average Bonchev–Trinajstić information content (AvgIpc) is 2.38. The molecule has 0 spiro atoms. The Morgan fingerprint density at radius 1 is 1.35 bits per heavy atom. The summed E-state index contributed by atoms with van der Waals surface area (Å²) in [4.78, 5) is 35.4. The normalized spacial score (nSPS) is 22.0. The van der Waals surface area contributed by atoms with E-state index >= 15 is 0 Å². The first-order valence-corrected chi connectivity index (χ1v) is 6.50. The van der Waals surface area contributed by atoms with Crippen LogP contribution in [-0.4, -0.2) is 55.8 Å². The van der Waals surface area contributed by atoms with E-state index in [1.54, 1.807) is 6.92 Å². The monoisotopic (exact) mass is 287 g/mol. The first-order valence-electron chi connectivity index (χ1n) is 6.50. The number of rotatable bonds is 4. The Balaban J connectivity index is 2.62. The summed E-state index contributed by atoms with van der Waals surface area (Å²) in [5.74, 6) is -0.418. The van der Waals surface area contributed by atoms with E-state index in [1.165, 1.54) is 12.0 Å². The number of hydrogen-bond acceptors (Lipinski definition) is 5. The van der Waals surface area contributed by atoms with Crippen molar-refractivity contribution in [2.75, 3.05) is 26.8 Å². The van der Waals surface area contributed by atoms with Crippen LogP contribution in [0.15, 0.2) is 0 Å². The van der Waals surface area contributed by atoms with Gasteiger partial charge < -0.3 is 25.4 Å². The van der Waals surface area contributed by atoms with Crippen molar-refractivity contribution in [3.05, 3.63) is 0 Å². The lowest BCUT2D eigenvalue weighted by Gasteiger charge is -2.36. The van der Waals surface area contributed by atoms with Gasteiger partial charge in [-0.3, -0.25) is 4.79 Å². The zero-order chi connectivity index (χ0) is 15.1. The number of carbonyl (C=O) groups is 3. The van der Waals surface area contributed by atoms with Crippen LogP contribution >= 0.6 is 0 Å². The van der Waals surface area contributed by atoms with Crippen molar-refractivity contribution in [1.82, 2.24) is 10.2 Å². The minimum atomic E-state index is -0.574. The van der Waals surface area contributed by atoms with Crippen molar-refractivity contribution in [2.45, 2.75) is 25.8 Å². The number of nitrogens with one attached hydrogen (secondary N) is 1. The number of ether oxygens (including phenoxy) is 2. The highest BCUT2D eigenvalue weighted by molar-refractivity contribution is 5.73. The highest BCUT2D eigenvalue weighted by Gasteiger charge is 2.31. The number of methoxy groups -OCH3 is 1. The Kier molecular flexibility index (Phi) is 6.08. The average molecular weight is 287 g/mol. The van der Waals surface area contributed by atoms with Crippen LogP contribution in [0.5, 0.6) is 0 Å². The van der Waals surface area contributed by atoms with Gasteiger partial charge in [-0.05, 0) is 19.3 Å². The Bertz CT molecular complexity index is 374. The molecule has 0 aromatic rings. The second-order valence-corrected chi connectivity index (χ2v) is 4.69. The van der Waals surface area contributed by atoms with Crippen molar-refractivity contribution in [2.24, 2.45) is 11.7 Å². The van der Waals surface area contributed by atoms with Crippen molar-refractivity contribution in [3.8, 4) is 0 Å². The lowest BCUT2D eigenvalue weighted by Crippen LogP contribution is -2.54. The molecular formula is C12H21N3O5. The highest BCUT2D eigenvalue weighted by atomic mass is 16.5. The molecule has 3 N–H and O–H groups in total. The van der Waals surface area contributed by atoms with E-state index in [1.807, 2.05) is 0 Å². The minimum absolute atomic E-state index is 0.0996. The standard InChI is InChI=1S/C12H21N3O5/c1-3-20-10(16)5-8-4-9(14-12(18)19-2)7-15(6-8)11(13)17/h8-9H,3-7H2,1-2H3,(H2,13,17)(H,14,18). The Morgan fingerprint density at radius 3 is 2.60 bits per heavy atom. The van der Waals surface area contributed by atoms with E-state index in [9.17, 15) is 14.4 Å². The van der Waals surface area contributed by atoms with Gasteiger partial charge >= 0.3 is 18.1 Å². The number of urea groups is 1. The predicted molar refractivity (Wildman–Crippen MR) is 69.8 cm³/mol. The summed E-state index contributed by atoms with van der Waals surface area (Å²) in [5, 5.41) is 2.63. The van der Waals surface area contributed by atoms with Crippen LogP contribution in [0.2, 0.25) is 0 Å². The number of primary amides is 1. The van der Waals surface area contributed by atoms with Crippen LogP contribution in [0.4, 0.5) is 9.59 Å². The van der Waals surface area contributed by atoms with Gasteiger partial charge in [-0.15, -0.1) is 0 Å². The Morgan fingerprint density at radius 2 is 2.05 bits per heavy atom. The summed E-state index contributed by atoms with van der Waals surface area (Å²) in [5.41, 5.74) is 5.27. The first kappa shape index (κ1) is 16.1. The molecular weight excluding hydrogens is 266 g/mol.